The van der Waals surface area contributed by atoms with Gasteiger partial charge in [0.1, 0.15) is 6.61 Å². The number of amides is 1. The third-order valence-corrected chi connectivity index (χ3v) is 7.48. The Kier molecular flexibility index (Phi) is 7.39. The van der Waals surface area contributed by atoms with Crippen LogP contribution in [-0.2, 0) is 31.0 Å². The average molecular weight is 483 g/mol. The fourth-order valence-electron chi connectivity index (χ4n) is 3.68. The van der Waals surface area contributed by atoms with Crippen LogP contribution in [0.1, 0.15) is 18.4 Å². The van der Waals surface area contributed by atoms with Gasteiger partial charge in [0.15, 0.2) is 0 Å². The highest BCUT2D eigenvalue weighted by atomic mass is 32.2. The van der Waals surface area contributed by atoms with Crippen LogP contribution in [0.2, 0.25) is 0 Å². The van der Waals surface area contributed by atoms with Crippen molar-refractivity contribution in [2.75, 3.05) is 26.2 Å². The number of aromatic nitrogens is 2. The number of esters is 1. The molecule has 2 aromatic carbocycles. The summed E-state index contributed by atoms with van der Waals surface area (Å²) in [5.74, 6) is -0.656. The van der Waals surface area contributed by atoms with Crippen molar-refractivity contribution in [3.63, 3.8) is 0 Å². The number of sulfonamides is 1. The van der Waals surface area contributed by atoms with E-state index in [4.69, 9.17) is 4.74 Å². The number of ether oxygens (including phenoxy) is 1. The van der Waals surface area contributed by atoms with Crippen LogP contribution in [-0.4, -0.2) is 65.5 Å². The Labute approximate surface area is 198 Å². The molecule has 10 heteroatoms. The maximum Gasteiger partial charge on any atom is 0.306 e. The summed E-state index contributed by atoms with van der Waals surface area (Å²) in [6, 6.07) is 17.8. The first-order chi connectivity index (χ1) is 16.4. The molecule has 0 spiro atoms. The predicted molar refractivity (Wildman–Crippen MR) is 124 cm³/mol. The maximum atomic E-state index is 12.7. The van der Waals surface area contributed by atoms with E-state index in [-0.39, 0.29) is 43.3 Å². The number of benzene rings is 2. The minimum atomic E-state index is -3.57. The molecule has 1 aliphatic heterocycles. The van der Waals surface area contributed by atoms with Gasteiger partial charge in [-0.15, -0.1) is 0 Å². The van der Waals surface area contributed by atoms with Gasteiger partial charge in [-0.2, -0.15) is 9.40 Å². The Hall–Kier alpha value is -3.50. The highest BCUT2D eigenvalue weighted by Gasteiger charge is 2.30. The van der Waals surface area contributed by atoms with Crippen molar-refractivity contribution in [3.05, 3.63) is 78.6 Å². The van der Waals surface area contributed by atoms with Gasteiger partial charge in [0.25, 0.3) is 0 Å². The second kappa shape index (κ2) is 10.6. The number of hydrogen-bond acceptors (Lipinski definition) is 6. The number of nitrogens with zero attached hydrogens (tertiary/aromatic N) is 4. The van der Waals surface area contributed by atoms with Crippen LogP contribution >= 0.6 is 0 Å². The molecule has 178 valence electrons. The van der Waals surface area contributed by atoms with Gasteiger partial charge in [0.2, 0.25) is 15.9 Å². The molecule has 0 N–H and O–H groups in total. The van der Waals surface area contributed by atoms with Crippen molar-refractivity contribution in [1.82, 2.24) is 19.0 Å². The molecular weight excluding hydrogens is 456 g/mol. The van der Waals surface area contributed by atoms with E-state index in [0.717, 1.165) is 11.3 Å². The van der Waals surface area contributed by atoms with E-state index in [1.807, 2.05) is 30.3 Å². The van der Waals surface area contributed by atoms with Crippen molar-refractivity contribution in [2.24, 2.45) is 0 Å². The van der Waals surface area contributed by atoms with Gasteiger partial charge >= 0.3 is 5.97 Å². The summed E-state index contributed by atoms with van der Waals surface area (Å²) in [5.41, 5.74) is 1.65. The Morgan fingerprint density at radius 1 is 0.882 bits per heavy atom. The molecule has 2 heterocycles. The van der Waals surface area contributed by atoms with Crippen molar-refractivity contribution >= 4 is 21.9 Å². The average Bonchev–Trinajstić information content (AvgIpc) is 3.36. The molecule has 9 nitrogen and oxygen atoms in total. The third kappa shape index (κ3) is 5.70. The summed E-state index contributed by atoms with van der Waals surface area (Å²) in [7, 11) is -3.57. The topological polar surface area (TPSA) is 102 Å². The number of carbonyl (C=O) groups is 2. The molecular formula is C24H26N4O5S. The number of para-hydroxylation sites is 1. The van der Waals surface area contributed by atoms with E-state index in [2.05, 4.69) is 5.10 Å². The SMILES string of the molecule is O=C(CCC(=O)N1CCN(S(=O)(=O)c2ccccc2)CC1)OCc1cnn(-c2ccccc2)c1. The molecule has 34 heavy (non-hydrogen) atoms. The highest BCUT2D eigenvalue weighted by molar-refractivity contribution is 7.89. The Bertz CT molecular complexity index is 1220. The lowest BCUT2D eigenvalue weighted by molar-refractivity contribution is -0.147. The fraction of sp³-hybridized carbons (Fsp3) is 0.292. The van der Waals surface area contributed by atoms with Crippen LogP contribution in [0.4, 0.5) is 0 Å². The van der Waals surface area contributed by atoms with Crippen LogP contribution in [0.3, 0.4) is 0 Å². The quantitative estimate of drug-likeness (QED) is 0.457. The Morgan fingerprint density at radius 2 is 1.53 bits per heavy atom. The zero-order valence-corrected chi connectivity index (χ0v) is 19.4. The van der Waals surface area contributed by atoms with E-state index < -0.39 is 16.0 Å². The molecule has 1 aromatic heterocycles. The number of piperazine rings is 1. The molecule has 0 atom stereocenters. The van der Waals surface area contributed by atoms with E-state index in [9.17, 15) is 18.0 Å². The summed E-state index contributed by atoms with van der Waals surface area (Å²) in [6.45, 7) is 1.10. The van der Waals surface area contributed by atoms with Gasteiger partial charge in [0, 0.05) is 44.4 Å². The number of rotatable bonds is 8. The minimum Gasteiger partial charge on any atom is -0.461 e. The van der Waals surface area contributed by atoms with Crippen molar-refractivity contribution in [3.8, 4) is 5.69 Å². The van der Waals surface area contributed by atoms with Crippen LogP contribution in [0.25, 0.3) is 5.69 Å². The van der Waals surface area contributed by atoms with E-state index in [1.165, 1.54) is 4.31 Å². The van der Waals surface area contributed by atoms with E-state index >= 15 is 0 Å². The van der Waals surface area contributed by atoms with Crippen LogP contribution in [0.15, 0.2) is 78.0 Å². The predicted octanol–water partition coefficient (Wildman–Crippen LogP) is 2.23. The standard InChI is InChI=1S/C24H26N4O5S/c29-23(26-13-15-27(16-14-26)34(31,32)22-9-5-2-6-10-22)11-12-24(30)33-19-20-17-25-28(18-20)21-7-3-1-4-8-21/h1-10,17-18H,11-16,19H2. The zero-order chi connectivity index (χ0) is 24.0. The zero-order valence-electron chi connectivity index (χ0n) is 18.6. The molecule has 1 amide bonds. The molecule has 1 aliphatic rings. The Morgan fingerprint density at radius 3 is 2.21 bits per heavy atom. The van der Waals surface area contributed by atoms with Gasteiger partial charge in [-0.3, -0.25) is 9.59 Å². The first-order valence-electron chi connectivity index (χ1n) is 11.0. The van der Waals surface area contributed by atoms with Gasteiger partial charge in [-0.05, 0) is 24.3 Å². The fourth-order valence-corrected chi connectivity index (χ4v) is 5.12. The van der Waals surface area contributed by atoms with Crippen molar-refractivity contribution < 1.29 is 22.7 Å². The van der Waals surface area contributed by atoms with Gasteiger partial charge in [-0.1, -0.05) is 36.4 Å². The van der Waals surface area contributed by atoms with Gasteiger partial charge in [0.05, 0.1) is 23.2 Å². The molecule has 3 aromatic rings. The lowest BCUT2D eigenvalue weighted by Gasteiger charge is -2.34. The smallest absolute Gasteiger partial charge is 0.306 e. The summed E-state index contributed by atoms with van der Waals surface area (Å²) in [6.07, 6.45) is 3.41. The van der Waals surface area contributed by atoms with Crippen LogP contribution in [0.5, 0.6) is 0 Å². The monoisotopic (exact) mass is 482 g/mol. The van der Waals surface area contributed by atoms with Crippen LogP contribution in [0, 0.1) is 0 Å². The molecule has 0 saturated carbocycles. The minimum absolute atomic E-state index is 0.0214. The van der Waals surface area contributed by atoms with E-state index in [0.29, 0.717) is 13.1 Å². The molecule has 0 bridgehead atoms. The first kappa shape index (κ1) is 23.7. The molecule has 4 rings (SSSR count). The lowest BCUT2D eigenvalue weighted by Crippen LogP contribution is -2.50. The third-order valence-electron chi connectivity index (χ3n) is 5.57. The normalized spacial score (nSPS) is 14.6. The molecule has 1 fully saturated rings. The molecule has 1 saturated heterocycles. The van der Waals surface area contributed by atoms with Gasteiger partial charge in [-0.25, -0.2) is 13.1 Å². The second-order valence-corrected chi connectivity index (χ2v) is 9.83. The van der Waals surface area contributed by atoms with Crippen molar-refractivity contribution in [1.29, 1.82) is 0 Å². The summed E-state index contributed by atoms with van der Waals surface area (Å²) < 4.78 is 33.8. The number of carbonyl (C=O) groups excluding carboxylic acids is 2. The van der Waals surface area contributed by atoms with E-state index in [1.54, 1.807) is 52.3 Å². The lowest BCUT2D eigenvalue weighted by atomic mass is 10.2. The Balaban J connectivity index is 1.19. The van der Waals surface area contributed by atoms with Gasteiger partial charge < -0.3 is 9.64 Å². The summed E-state index contributed by atoms with van der Waals surface area (Å²) in [5, 5.41) is 4.26. The summed E-state index contributed by atoms with van der Waals surface area (Å²) >= 11 is 0. The highest BCUT2D eigenvalue weighted by Crippen LogP contribution is 2.18. The largest absolute Gasteiger partial charge is 0.461 e. The maximum absolute atomic E-state index is 12.7. The van der Waals surface area contributed by atoms with Crippen LogP contribution < -0.4 is 0 Å². The van der Waals surface area contributed by atoms with Crippen molar-refractivity contribution in [2.45, 2.75) is 24.3 Å². The molecule has 0 radical (unpaired) electrons. The second-order valence-electron chi connectivity index (χ2n) is 7.89. The number of hydrogen-bond donors (Lipinski definition) is 0. The summed E-state index contributed by atoms with van der Waals surface area (Å²) in [4.78, 5) is 26.4. The first-order valence-corrected chi connectivity index (χ1v) is 12.4. The molecule has 0 unspecified atom stereocenters. The molecule has 0 aliphatic carbocycles.